The number of hydrogen-bond donors (Lipinski definition) is 0. The average Bonchev–Trinajstić information content (AvgIpc) is 3.31. The molecule has 3 aliphatic rings. The van der Waals surface area contributed by atoms with Gasteiger partial charge >= 0.3 is 6.09 Å². The molecule has 3 aromatic rings. The molecule has 2 aromatic heterocycles. The maximum absolute atomic E-state index is 12.3. The van der Waals surface area contributed by atoms with Crippen LogP contribution in [0.1, 0.15) is 91.8 Å². The lowest BCUT2D eigenvalue weighted by atomic mass is 9.58. The second kappa shape index (κ2) is 9.59. The maximum atomic E-state index is 12.3. The molecule has 7 nitrogen and oxygen atoms in total. The van der Waals surface area contributed by atoms with Crippen molar-refractivity contribution < 1.29 is 9.53 Å². The van der Waals surface area contributed by atoms with Crippen molar-refractivity contribution in [3.8, 4) is 16.8 Å². The van der Waals surface area contributed by atoms with Crippen LogP contribution in [0.5, 0.6) is 0 Å². The third kappa shape index (κ3) is 4.64. The molecule has 6 rings (SSSR count). The molecular formula is C32H37N5O2S. The molecule has 40 heavy (non-hydrogen) atoms. The van der Waals surface area contributed by atoms with Crippen molar-refractivity contribution in [2.24, 2.45) is 16.3 Å². The van der Waals surface area contributed by atoms with Crippen LogP contribution in [-0.2, 0) is 4.74 Å². The van der Waals surface area contributed by atoms with Crippen LogP contribution in [0, 0.1) is 43.9 Å². The molecule has 2 fully saturated rings. The standard InChI is InChI=1S/C32H37N5O2S/c1-8-25-28-35-34-21(4)37(28)29-26(19(2)20(3)40-29)27(33-25)24-13-11-22(12-14-24)9-10-23-15-32(16-23)17-36(18-32)30(38)39-31(5,6)7/h11-14,23,25H,8,15-18H2,1-7H3. The van der Waals surface area contributed by atoms with Crippen LogP contribution in [0.25, 0.3) is 5.00 Å². The molecule has 1 atom stereocenters. The van der Waals surface area contributed by atoms with Crippen LogP contribution in [0.3, 0.4) is 0 Å². The summed E-state index contributed by atoms with van der Waals surface area (Å²) in [6.07, 6.45) is 2.76. The highest BCUT2D eigenvalue weighted by atomic mass is 32.1. The molecular weight excluding hydrogens is 518 g/mol. The first kappa shape index (κ1) is 26.8. The summed E-state index contributed by atoms with van der Waals surface area (Å²) in [5.41, 5.74) is 5.37. The number of rotatable bonds is 2. The fraction of sp³-hybridized carbons (Fsp3) is 0.500. The van der Waals surface area contributed by atoms with Crippen LogP contribution in [-0.4, -0.2) is 50.2 Å². The summed E-state index contributed by atoms with van der Waals surface area (Å²) in [7, 11) is 0. The predicted octanol–water partition coefficient (Wildman–Crippen LogP) is 6.55. The number of ether oxygens (including phenoxy) is 1. The van der Waals surface area contributed by atoms with Gasteiger partial charge in [-0.2, -0.15) is 0 Å². The molecule has 1 aliphatic carbocycles. The van der Waals surface area contributed by atoms with Gasteiger partial charge in [0.25, 0.3) is 0 Å². The third-order valence-corrected chi connectivity index (χ3v) is 9.46. The highest BCUT2D eigenvalue weighted by Gasteiger charge is 2.54. The van der Waals surface area contributed by atoms with Gasteiger partial charge in [0.15, 0.2) is 5.82 Å². The van der Waals surface area contributed by atoms with E-state index in [1.165, 1.54) is 16.0 Å². The number of fused-ring (bicyclic) bond motifs is 3. The van der Waals surface area contributed by atoms with Crippen LogP contribution in [0.15, 0.2) is 29.3 Å². The van der Waals surface area contributed by atoms with Gasteiger partial charge in [0.1, 0.15) is 22.5 Å². The number of aromatic nitrogens is 3. The second-order valence-electron chi connectivity index (χ2n) is 12.6. The van der Waals surface area contributed by atoms with E-state index in [-0.39, 0.29) is 17.6 Å². The minimum atomic E-state index is -0.452. The predicted molar refractivity (Wildman–Crippen MR) is 158 cm³/mol. The summed E-state index contributed by atoms with van der Waals surface area (Å²) in [4.78, 5) is 20.6. The first-order valence-corrected chi connectivity index (χ1v) is 15.0. The number of aliphatic imine (C=N–C) groups is 1. The van der Waals surface area contributed by atoms with E-state index >= 15 is 0 Å². The van der Waals surface area contributed by atoms with Gasteiger partial charge in [-0.05, 0) is 78.5 Å². The minimum Gasteiger partial charge on any atom is -0.444 e. The molecule has 0 radical (unpaired) electrons. The Balaban J connectivity index is 1.17. The normalized spacial score (nSPS) is 19.4. The Morgan fingerprint density at radius 2 is 1.82 bits per heavy atom. The zero-order chi connectivity index (χ0) is 28.4. The van der Waals surface area contributed by atoms with Gasteiger partial charge in [-0.25, -0.2) is 4.79 Å². The van der Waals surface area contributed by atoms with Crippen LogP contribution in [0.2, 0.25) is 0 Å². The van der Waals surface area contributed by atoms with Gasteiger partial charge in [0.05, 0.1) is 5.71 Å². The molecule has 2 aliphatic heterocycles. The summed E-state index contributed by atoms with van der Waals surface area (Å²) >= 11 is 1.79. The van der Waals surface area contributed by atoms with Gasteiger partial charge in [-0.15, -0.1) is 21.5 Å². The van der Waals surface area contributed by atoms with E-state index in [1.807, 2.05) is 32.6 Å². The quantitative estimate of drug-likeness (QED) is 0.336. The summed E-state index contributed by atoms with van der Waals surface area (Å²) in [5, 5.41) is 10.1. The number of benzene rings is 1. The number of aryl methyl sites for hydroxylation is 2. The molecule has 1 amide bonds. The number of likely N-dealkylation sites (tertiary alicyclic amines) is 1. The fourth-order valence-electron chi connectivity index (χ4n) is 6.12. The van der Waals surface area contributed by atoms with Crippen molar-refractivity contribution in [1.29, 1.82) is 0 Å². The Bertz CT molecular complexity index is 1560. The topological polar surface area (TPSA) is 72.6 Å². The number of amides is 1. The van der Waals surface area contributed by atoms with Gasteiger partial charge in [0.2, 0.25) is 0 Å². The first-order valence-electron chi connectivity index (χ1n) is 14.2. The number of carbonyl (C=O) groups excluding carboxylic acids is 1. The van der Waals surface area contributed by atoms with Crippen molar-refractivity contribution >= 4 is 23.1 Å². The van der Waals surface area contributed by atoms with Crippen molar-refractivity contribution in [3.63, 3.8) is 0 Å². The zero-order valence-electron chi connectivity index (χ0n) is 24.5. The third-order valence-electron chi connectivity index (χ3n) is 8.27. The molecule has 1 unspecified atom stereocenters. The Morgan fingerprint density at radius 1 is 1.12 bits per heavy atom. The van der Waals surface area contributed by atoms with Crippen molar-refractivity contribution in [2.75, 3.05) is 13.1 Å². The van der Waals surface area contributed by atoms with E-state index in [0.29, 0.717) is 5.92 Å². The van der Waals surface area contributed by atoms with Crippen LogP contribution in [0.4, 0.5) is 4.79 Å². The SMILES string of the molecule is CCC1N=C(c2ccc(C#CC3CC4(C3)CN(C(=O)OC(C)(C)C)C4)cc2)c2c(sc(C)c2C)-n2c(C)nnc21. The molecule has 0 N–H and O–H groups in total. The summed E-state index contributed by atoms with van der Waals surface area (Å²) < 4.78 is 7.70. The molecule has 1 saturated carbocycles. The monoisotopic (exact) mass is 555 g/mol. The molecule has 1 spiro atoms. The first-order chi connectivity index (χ1) is 19.0. The summed E-state index contributed by atoms with van der Waals surface area (Å²) in [5.74, 6) is 9.07. The smallest absolute Gasteiger partial charge is 0.410 e. The average molecular weight is 556 g/mol. The van der Waals surface area contributed by atoms with Crippen molar-refractivity contribution in [2.45, 2.75) is 79.4 Å². The van der Waals surface area contributed by atoms with Gasteiger partial charge in [-0.1, -0.05) is 30.9 Å². The van der Waals surface area contributed by atoms with E-state index < -0.39 is 5.60 Å². The number of thiophene rings is 1. The largest absolute Gasteiger partial charge is 0.444 e. The second-order valence-corrected chi connectivity index (χ2v) is 13.8. The Labute approximate surface area is 240 Å². The number of hydrogen-bond acceptors (Lipinski definition) is 6. The van der Waals surface area contributed by atoms with E-state index in [0.717, 1.165) is 65.8 Å². The van der Waals surface area contributed by atoms with Gasteiger partial charge in [0, 0.05) is 46.0 Å². The molecule has 1 aromatic carbocycles. The van der Waals surface area contributed by atoms with E-state index in [1.54, 1.807) is 11.3 Å². The van der Waals surface area contributed by atoms with Gasteiger partial charge in [-0.3, -0.25) is 9.56 Å². The van der Waals surface area contributed by atoms with E-state index in [2.05, 4.69) is 71.6 Å². The lowest BCUT2D eigenvalue weighted by Crippen LogP contribution is -2.64. The number of nitrogens with zero attached hydrogens (tertiary/aromatic N) is 5. The highest BCUT2D eigenvalue weighted by molar-refractivity contribution is 7.15. The van der Waals surface area contributed by atoms with Crippen LogP contribution >= 0.6 is 11.3 Å². The lowest BCUT2D eigenvalue weighted by Gasteiger charge is -2.57. The maximum Gasteiger partial charge on any atom is 0.410 e. The molecule has 8 heteroatoms. The van der Waals surface area contributed by atoms with E-state index in [4.69, 9.17) is 9.73 Å². The molecule has 1 saturated heterocycles. The zero-order valence-corrected chi connectivity index (χ0v) is 25.3. The fourth-order valence-corrected chi connectivity index (χ4v) is 7.34. The van der Waals surface area contributed by atoms with Crippen LogP contribution < -0.4 is 0 Å². The minimum absolute atomic E-state index is 0.0429. The highest BCUT2D eigenvalue weighted by Crippen LogP contribution is 2.52. The number of carbonyl (C=O) groups is 1. The molecule has 208 valence electrons. The summed E-state index contributed by atoms with van der Waals surface area (Å²) in [6.45, 7) is 15.8. The molecule has 4 heterocycles. The lowest BCUT2D eigenvalue weighted by molar-refractivity contribution is -0.0832. The summed E-state index contributed by atoms with van der Waals surface area (Å²) in [6, 6.07) is 8.48. The van der Waals surface area contributed by atoms with Crippen molar-refractivity contribution in [1.82, 2.24) is 19.7 Å². The van der Waals surface area contributed by atoms with Crippen molar-refractivity contribution in [3.05, 3.63) is 63.0 Å². The Morgan fingerprint density at radius 3 is 2.48 bits per heavy atom. The molecule has 0 bridgehead atoms. The Hall–Kier alpha value is -3.44. The Kier molecular flexibility index (Phi) is 6.42. The van der Waals surface area contributed by atoms with E-state index in [9.17, 15) is 4.79 Å². The van der Waals surface area contributed by atoms with Gasteiger partial charge < -0.3 is 9.64 Å².